The topological polar surface area (TPSA) is 185 Å². The van der Waals surface area contributed by atoms with Gasteiger partial charge in [0.05, 0.1) is 17.3 Å². The number of likely N-dealkylation sites (tertiary alicyclic amines) is 1. The highest BCUT2D eigenvalue weighted by molar-refractivity contribution is 5.94. The summed E-state index contributed by atoms with van der Waals surface area (Å²) in [5.74, 6) is -0.351. The van der Waals surface area contributed by atoms with Gasteiger partial charge in [-0.15, -0.1) is 0 Å². The summed E-state index contributed by atoms with van der Waals surface area (Å²) in [5, 5.41) is 34.0. The van der Waals surface area contributed by atoms with Crippen molar-refractivity contribution in [2.75, 3.05) is 31.5 Å². The Kier molecular flexibility index (Phi) is 15.0. The van der Waals surface area contributed by atoms with Gasteiger partial charge in [0, 0.05) is 74.3 Å². The van der Waals surface area contributed by atoms with Crippen LogP contribution in [0.15, 0.2) is 132 Å². The fourth-order valence-corrected chi connectivity index (χ4v) is 7.92. The summed E-state index contributed by atoms with van der Waals surface area (Å²) in [7, 11) is 0. The number of hydrogen-bond donors (Lipinski definition) is 7. The number of hydrogen-bond acceptors (Lipinski definition) is 9. The van der Waals surface area contributed by atoms with Gasteiger partial charge in [-0.25, -0.2) is 4.79 Å². The lowest BCUT2D eigenvalue weighted by Gasteiger charge is -2.31. The predicted octanol–water partition coefficient (Wildman–Crippen LogP) is 6.80. The molecule has 1 unspecified atom stereocenters. The quantitative estimate of drug-likeness (QED) is 0.0519. The number of para-hydroxylation sites is 1. The molecule has 0 aliphatic carbocycles. The number of rotatable bonds is 17. The van der Waals surface area contributed by atoms with Gasteiger partial charge < -0.3 is 40.8 Å². The first-order valence-electron chi connectivity index (χ1n) is 21.4. The van der Waals surface area contributed by atoms with E-state index in [1.807, 2.05) is 97.9 Å². The summed E-state index contributed by atoms with van der Waals surface area (Å²) in [6.45, 7) is 4.98. The van der Waals surface area contributed by atoms with Crippen molar-refractivity contribution in [3.8, 4) is 16.9 Å². The molecule has 7 rings (SSSR count). The minimum absolute atomic E-state index is 0.0189. The number of carbonyl (C=O) groups excluding carboxylic acids is 3. The molecule has 1 fully saturated rings. The van der Waals surface area contributed by atoms with Crippen molar-refractivity contribution in [3.63, 3.8) is 0 Å². The molecule has 2 atom stereocenters. The van der Waals surface area contributed by atoms with Crippen LogP contribution in [0.5, 0.6) is 5.75 Å². The first-order valence-corrected chi connectivity index (χ1v) is 21.4. The van der Waals surface area contributed by atoms with Crippen LogP contribution in [0.2, 0.25) is 0 Å². The Balaban J connectivity index is 0.793. The minimum atomic E-state index is -0.863. The number of piperidine rings is 1. The van der Waals surface area contributed by atoms with Crippen LogP contribution in [0.4, 0.5) is 10.5 Å². The number of phenolic OH excluding ortho intramolecular Hbond substituents is 1. The van der Waals surface area contributed by atoms with Crippen LogP contribution in [0.25, 0.3) is 22.0 Å². The molecule has 1 saturated heterocycles. The zero-order valence-corrected chi connectivity index (χ0v) is 35.3. The van der Waals surface area contributed by atoms with E-state index in [9.17, 15) is 29.4 Å². The lowest BCUT2D eigenvalue weighted by molar-refractivity contribution is -0.121. The Morgan fingerprint density at radius 3 is 2.33 bits per heavy atom. The molecule has 5 aromatic carbocycles. The van der Waals surface area contributed by atoms with E-state index in [4.69, 9.17) is 4.74 Å². The van der Waals surface area contributed by atoms with Gasteiger partial charge in [-0.05, 0) is 84.3 Å². The summed E-state index contributed by atoms with van der Waals surface area (Å²) in [4.78, 5) is 55.4. The van der Waals surface area contributed by atoms with Crippen LogP contribution >= 0.6 is 0 Å². The van der Waals surface area contributed by atoms with Crippen molar-refractivity contribution in [1.82, 2.24) is 25.8 Å². The Bertz CT molecular complexity index is 2570. The van der Waals surface area contributed by atoms with Gasteiger partial charge in [-0.2, -0.15) is 0 Å². The molecule has 0 spiro atoms. The maximum atomic E-state index is 13.2. The third-order valence-electron chi connectivity index (χ3n) is 11.3. The molecule has 326 valence electrons. The third-order valence-corrected chi connectivity index (χ3v) is 11.3. The van der Waals surface area contributed by atoms with Gasteiger partial charge >= 0.3 is 6.09 Å². The third kappa shape index (κ3) is 12.4. The average molecular weight is 851 g/mol. The van der Waals surface area contributed by atoms with Crippen molar-refractivity contribution >= 4 is 34.5 Å². The van der Waals surface area contributed by atoms with Crippen LogP contribution in [-0.2, 0) is 29.0 Å². The standard InChI is InChI=1S/C50H54N6O7/c1-33(51-32-45(58)41-17-19-44(57)48-42(41)18-20-47(60)55-48)27-34-9-7-10-35(28-34)31-53-49(61)38-14-8-11-36(29-38)30-52-46(59)23-26-56-24-21-39(22-25-56)63-50(62)54-43-16-6-5-15-40(43)37-12-3-2-4-13-37/h2-20,28-29,33,39,45,51,57-58H,21-27,30-32H2,1H3,(H,52,59)(H,53,61)(H,54,62)(H,55,60)/t33?,45-/m0/s1. The normalized spacial score (nSPS) is 14.1. The number of aromatic hydroxyl groups is 1. The van der Waals surface area contributed by atoms with Gasteiger partial charge in [0.15, 0.2) is 0 Å². The van der Waals surface area contributed by atoms with Crippen molar-refractivity contribution < 1.29 is 29.3 Å². The highest BCUT2D eigenvalue weighted by Crippen LogP contribution is 2.30. The second kappa shape index (κ2) is 21.3. The first-order chi connectivity index (χ1) is 30.6. The number of aromatic nitrogens is 1. The number of anilines is 1. The van der Waals surface area contributed by atoms with Crippen LogP contribution in [0.3, 0.4) is 0 Å². The molecule has 63 heavy (non-hydrogen) atoms. The van der Waals surface area contributed by atoms with Gasteiger partial charge in [-0.1, -0.05) is 91.0 Å². The zero-order chi connectivity index (χ0) is 44.1. The number of nitrogens with zero attached hydrogens (tertiary/aromatic N) is 1. The number of aromatic amines is 1. The highest BCUT2D eigenvalue weighted by Gasteiger charge is 2.23. The number of phenols is 1. The molecule has 2 heterocycles. The Hall–Kier alpha value is -6.80. The van der Waals surface area contributed by atoms with E-state index in [2.05, 4.69) is 31.2 Å². The van der Waals surface area contributed by atoms with E-state index in [1.54, 1.807) is 24.3 Å². The van der Waals surface area contributed by atoms with Crippen molar-refractivity contribution in [3.05, 3.63) is 166 Å². The lowest BCUT2D eigenvalue weighted by atomic mass is 10.0. The highest BCUT2D eigenvalue weighted by atomic mass is 16.6. The van der Waals surface area contributed by atoms with Crippen LogP contribution in [0.1, 0.15) is 64.9 Å². The fourth-order valence-electron chi connectivity index (χ4n) is 7.92. The molecule has 0 saturated carbocycles. The summed E-state index contributed by atoms with van der Waals surface area (Å²) in [6, 6.07) is 38.9. The number of benzene rings is 5. The summed E-state index contributed by atoms with van der Waals surface area (Å²) < 4.78 is 5.76. The van der Waals surface area contributed by atoms with E-state index in [0.717, 1.165) is 40.9 Å². The predicted molar refractivity (Wildman–Crippen MR) is 244 cm³/mol. The van der Waals surface area contributed by atoms with E-state index in [-0.39, 0.29) is 41.8 Å². The van der Waals surface area contributed by atoms with Crippen molar-refractivity contribution in [1.29, 1.82) is 0 Å². The van der Waals surface area contributed by atoms with Gasteiger partial charge in [0.1, 0.15) is 11.9 Å². The second-order valence-electron chi connectivity index (χ2n) is 16.0. The summed E-state index contributed by atoms with van der Waals surface area (Å²) >= 11 is 0. The van der Waals surface area contributed by atoms with E-state index < -0.39 is 12.2 Å². The Morgan fingerprint density at radius 1 is 0.810 bits per heavy atom. The van der Waals surface area contributed by atoms with Crippen molar-refractivity contribution in [2.45, 2.75) is 63.9 Å². The van der Waals surface area contributed by atoms with Crippen LogP contribution in [0, 0.1) is 0 Å². The number of nitrogens with one attached hydrogen (secondary N) is 5. The lowest BCUT2D eigenvalue weighted by Crippen LogP contribution is -2.40. The maximum absolute atomic E-state index is 13.2. The molecule has 7 N–H and O–H groups in total. The first kappa shape index (κ1) is 44.3. The zero-order valence-electron chi connectivity index (χ0n) is 35.3. The van der Waals surface area contributed by atoms with Gasteiger partial charge in [0.25, 0.3) is 5.91 Å². The van der Waals surface area contributed by atoms with E-state index in [1.165, 1.54) is 12.1 Å². The summed E-state index contributed by atoms with van der Waals surface area (Å²) in [5.41, 5.74) is 6.53. The van der Waals surface area contributed by atoms with Gasteiger partial charge in [0.2, 0.25) is 11.5 Å². The average Bonchev–Trinajstić information content (AvgIpc) is 3.30. The number of amides is 3. The largest absolute Gasteiger partial charge is 0.506 e. The number of ether oxygens (including phenoxy) is 1. The fraction of sp³-hybridized carbons (Fsp3) is 0.280. The molecule has 1 aliphatic rings. The number of aliphatic hydroxyl groups is 1. The summed E-state index contributed by atoms with van der Waals surface area (Å²) in [6.07, 6.45) is 0.859. The number of fused-ring (bicyclic) bond motifs is 1. The monoisotopic (exact) mass is 850 g/mol. The maximum Gasteiger partial charge on any atom is 0.411 e. The molecular weight excluding hydrogens is 797 g/mol. The van der Waals surface area contributed by atoms with Crippen LogP contribution in [-0.4, -0.2) is 76.3 Å². The smallest absolute Gasteiger partial charge is 0.411 e. The van der Waals surface area contributed by atoms with Crippen molar-refractivity contribution in [2.24, 2.45) is 0 Å². The van der Waals surface area contributed by atoms with Crippen LogP contribution < -0.4 is 26.8 Å². The Morgan fingerprint density at radius 2 is 1.52 bits per heavy atom. The van der Waals surface area contributed by atoms with E-state index >= 15 is 0 Å². The number of aliphatic hydroxyl groups excluding tert-OH is 1. The molecule has 0 bridgehead atoms. The van der Waals surface area contributed by atoms with E-state index in [0.29, 0.717) is 73.0 Å². The minimum Gasteiger partial charge on any atom is -0.506 e. The molecule has 13 nitrogen and oxygen atoms in total. The molecular formula is C50H54N6O7. The molecule has 6 aromatic rings. The second-order valence-corrected chi connectivity index (χ2v) is 16.0. The molecule has 1 aromatic heterocycles. The van der Waals surface area contributed by atoms with Gasteiger partial charge in [-0.3, -0.25) is 19.7 Å². The molecule has 13 heteroatoms. The molecule has 3 amide bonds. The Labute approximate surface area is 366 Å². The molecule has 0 radical (unpaired) electrons. The SMILES string of the molecule is CC(Cc1cccc(CNC(=O)c2cccc(CNC(=O)CCN3CCC(OC(=O)Nc4ccccc4-c4ccccc4)CC3)c2)c1)NC[C@H](O)c1ccc(O)c2[nH]c(=O)ccc12. The number of pyridine rings is 1. The molecule has 1 aliphatic heterocycles. The number of H-pyrrole nitrogens is 1. The number of carbonyl (C=O) groups is 3.